The van der Waals surface area contributed by atoms with E-state index >= 15 is 0 Å². The predicted molar refractivity (Wildman–Crippen MR) is 57.7 cm³/mol. The highest BCUT2D eigenvalue weighted by Gasteiger charge is 2.21. The van der Waals surface area contributed by atoms with Crippen molar-refractivity contribution in [3.8, 4) is 0 Å². The molecule has 14 heavy (non-hydrogen) atoms. The number of hydrogen-bond donors (Lipinski definition) is 1. The lowest BCUT2D eigenvalue weighted by Crippen LogP contribution is -2.43. The van der Waals surface area contributed by atoms with E-state index in [0.29, 0.717) is 12.6 Å². The van der Waals surface area contributed by atoms with Gasteiger partial charge in [0.25, 0.3) is 0 Å². The minimum Gasteiger partial charge on any atom is -0.381 e. The Morgan fingerprint density at radius 1 is 1.50 bits per heavy atom. The Hall–Kier alpha value is -1.25. The van der Waals surface area contributed by atoms with Crippen LogP contribution >= 0.6 is 0 Å². The third-order valence-corrected chi connectivity index (χ3v) is 2.66. The van der Waals surface area contributed by atoms with Crippen molar-refractivity contribution in [3.63, 3.8) is 0 Å². The molecular weight excluding hydrogens is 179 g/mol. The van der Waals surface area contributed by atoms with Crippen molar-refractivity contribution in [3.05, 3.63) is 24.3 Å². The van der Waals surface area contributed by atoms with E-state index in [1.54, 1.807) is 0 Å². The molecule has 0 saturated heterocycles. The molecule has 0 fully saturated rings. The molecule has 1 aromatic carbocycles. The van der Waals surface area contributed by atoms with E-state index in [9.17, 15) is 4.39 Å². The summed E-state index contributed by atoms with van der Waals surface area (Å²) in [6.45, 7) is 3.19. The van der Waals surface area contributed by atoms with Crippen molar-refractivity contribution >= 4 is 11.4 Å². The number of nitrogens with zero attached hydrogens (tertiary/aromatic N) is 1. The zero-order chi connectivity index (χ0) is 9.97. The van der Waals surface area contributed by atoms with Gasteiger partial charge >= 0.3 is 0 Å². The smallest absolute Gasteiger partial charge is 0.107 e. The highest BCUT2D eigenvalue weighted by atomic mass is 19.1. The van der Waals surface area contributed by atoms with E-state index in [2.05, 4.69) is 17.1 Å². The molecule has 1 heterocycles. The first-order chi connectivity index (χ1) is 6.83. The van der Waals surface area contributed by atoms with Crippen LogP contribution in [0.15, 0.2) is 24.3 Å². The van der Waals surface area contributed by atoms with E-state index in [4.69, 9.17) is 0 Å². The maximum absolute atomic E-state index is 12.4. The van der Waals surface area contributed by atoms with Crippen molar-refractivity contribution in [2.24, 2.45) is 0 Å². The molecule has 1 aliphatic rings. The van der Waals surface area contributed by atoms with Crippen LogP contribution in [0.2, 0.25) is 0 Å². The van der Waals surface area contributed by atoms with Gasteiger partial charge in [-0.1, -0.05) is 12.1 Å². The summed E-state index contributed by atoms with van der Waals surface area (Å²) in [4.78, 5) is 2.12. The van der Waals surface area contributed by atoms with Crippen molar-refractivity contribution in [1.82, 2.24) is 0 Å². The monoisotopic (exact) mass is 194 g/mol. The molecule has 1 aromatic rings. The van der Waals surface area contributed by atoms with Gasteiger partial charge in [0.1, 0.15) is 6.67 Å². The van der Waals surface area contributed by atoms with Crippen LogP contribution in [0.4, 0.5) is 15.8 Å². The molecule has 1 atom stereocenters. The third-order valence-electron chi connectivity index (χ3n) is 2.66. The Morgan fingerprint density at radius 3 is 3.07 bits per heavy atom. The Labute approximate surface area is 83.7 Å². The average molecular weight is 194 g/mol. The number of halogens is 1. The summed E-state index contributed by atoms with van der Waals surface area (Å²) in [7, 11) is 0. The largest absolute Gasteiger partial charge is 0.381 e. The van der Waals surface area contributed by atoms with Gasteiger partial charge in [0, 0.05) is 19.1 Å². The van der Waals surface area contributed by atoms with Crippen molar-refractivity contribution in [1.29, 1.82) is 0 Å². The number of alkyl halides is 1. The van der Waals surface area contributed by atoms with Gasteiger partial charge in [0.05, 0.1) is 11.4 Å². The number of anilines is 2. The summed E-state index contributed by atoms with van der Waals surface area (Å²) in [6.07, 6.45) is 0. The van der Waals surface area contributed by atoms with Crippen molar-refractivity contribution in [2.45, 2.75) is 13.0 Å². The molecule has 0 bridgehead atoms. The molecule has 3 heteroatoms. The standard InChI is InChI=1S/C11H15FN2/c1-9-8-13-10-4-2-3-5-11(10)14(9)7-6-12/h2-5,9,13H,6-8H2,1H3. The van der Waals surface area contributed by atoms with E-state index in [1.807, 2.05) is 24.3 Å². The van der Waals surface area contributed by atoms with Crippen molar-refractivity contribution < 1.29 is 4.39 Å². The molecule has 2 nitrogen and oxygen atoms in total. The molecule has 1 aliphatic heterocycles. The molecule has 76 valence electrons. The quantitative estimate of drug-likeness (QED) is 0.777. The summed E-state index contributed by atoms with van der Waals surface area (Å²) in [5, 5.41) is 3.34. The second-order valence-electron chi connectivity index (χ2n) is 3.63. The lowest BCUT2D eigenvalue weighted by molar-refractivity contribution is 0.474. The number of rotatable bonds is 2. The van der Waals surface area contributed by atoms with Crippen LogP contribution in [-0.2, 0) is 0 Å². The number of hydrogen-bond acceptors (Lipinski definition) is 2. The van der Waals surface area contributed by atoms with Crippen molar-refractivity contribution in [2.75, 3.05) is 30.0 Å². The molecule has 0 spiro atoms. The summed E-state index contributed by atoms with van der Waals surface area (Å²) in [5.41, 5.74) is 2.22. The van der Waals surface area contributed by atoms with Crippen LogP contribution in [0.3, 0.4) is 0 Å². The van der Waals surface area contributed by atoms with E-state index in [1.165, 1.54) is 0 Å². The van der Waals surface area contributed by atoms with Crippen LogP contribution in [0.25, 0.3) is 0 Å². The Kier molecular flexibility index (Phi) is 2.57. The first kappa shape index (κ1) is 9.31. The summed E-state index contributed by atoms with van der Waals surface area (Å²) >= 11 is 0. The Bertz CT molecular complexity index is 314. The molecule has 0 aliphatic carbocycles. The zero-order valence-corrected chi connectivity index (χ0v) is 8.33. The number of fused-ring (bicyclic) bond motifs is 1. The van der Waals surface area contributed by atoms with Crippen LogP contribution in [0.5, 0.6) is 0 Å². The van der Waals surface area contributed by atoms with E-state index in [-0.39, 0.29) is 6.67 Å². The van der Waals surface area contributed by atoms with Gasteiger partial charge in [-0.05, 0) is 19.1 Å². The van der Waals surface area contributed by atoms with Gasteiger partial charge in [-0.25, -0.2) is 4.39 Å². The van der Waals surface area contributed by atoms with Gasteiger partial charge < -0.3 is 10.2 Å². The lowest BCUT2D eigenvalue weighted by Gasteiger charge is -2.37. The normalized spacial score (nSPS) is 20.1. The highest BCUT2D eigenvalue weighted by molar-refractivity contribution is 5.72. The number of benzene rings is 1. The Morgan fingerprint density at radius 2 is 2.29 bits per heavy atom. The molecule has 1 N–H and O–H groups in total. The van der Waals surface area contributed by atoms with Crippen LogP contribution < -0.4 is 10.2 Å². The minimum absolute atomic E-state index is 0.293. The molecule has 0 aromatic heterocycles. The first-order valence-electron chi connectivity index (χ1n) is 4.98. The second kappa shape index (κ2) is 3.86. The van der Waals surface area contributed by atoms with Gasteiger partial charge in [-0.3, -0.25) is 0 Å². The minimum atomic E-state index is -0.293. The van der Waals surface area contributed by atoms with E-state index < -0.39 is 0 Å². The predicted octanol–water partition coefficient (Wildman–Crippen LogP) is 2.28. The lowest BCUT2D eigenvalue weighted by atomic mass is 10.1. The molecule has 0 amide bonds. The van der Waals surface area contributed by atoms with Gasteiger partial charge in [-0.15, -0.1) is 0 Å². The zero-order valence-electron chi connectivity index (χ0n) is 8.33. The third kappa shape index (κ3) is 1.54. The van der Waals surface area contributed by atoms with Crippen LogP contribution in [-0.4, -0.2) is 25.8 Å². The number of nitrogens with one attached hydrogen (secondary N) is 1. The maximum atomic E-state index is 12.4. The molecule has 2 rings (SSSR count). The summed E-state index contributed by atoms with van der Waals surface area (Å²) in [5.74, 6) is 0. The molecular formula is C11H15FN2. The van der Waals surface area contributed by atoms with Crippen LogP contribution in [0.1, 0.15) is 6.92 Å². The van der Waals surface area contributed by atoms with Gasteiger partial charge in [-0.2, -0.15) is 0 Å². The van der Waals surface area contributed by atoms with Gasteiger partial charge in [0.15, 0.2) is 0 Å². The molecule has 0 radical (unpaired) electrons. The fourth-order valence-corrected chi connectivity index (χ4v) is 1.91. The Balaban J connectivity index is 2.31. The van der Waals surface area contributed by atoms with Crippen LogP contribution in [0, 0.1) is 0 Å². The fourth-order valence-electron chi connectivity index (χ4n) is 1.91. The topological polar surface area (TPSA) is 15.3 Å². The fraction of sp³-hybridized carbons (Fsp3) is 0.455. The average Bonchev–Trinajstić information content (AvgIpc) is 2.23. The number of para-hydroxylation sites is 2. The summed E-state index contributed by atoms with van der Waals surface area (Å²) in [6, 6.07) is 8.42. The SMILES string of the molecule is CC1CNc2ccccc2N1CCF. The maximum Gasteiger partial charge on any atom is 0.107 e. The van der Waals surface area contributed by atoms with Gasteiger partial charge in [0.2, 0.25) is 0 Å². The second-order valence-corrected chi connectivity index (χ2v) is 3.63. The molecule has 1 unspecified atom stereocenters. The summed E-state index contributed by atoms with van der Waals surface area (Å²) < 4.78 is 12.4. The highest BCUT2D eigenvalue weighted by Crippen LogP contribution is 2.30. The van der Waals surface area contributed by atoms with E-state index in [0.717, 1.165) is 17.9 Å². The first-order valence-corrected chi connectivity index (χ1v) is 4.98. The molecule has 0 saturated carbocycles.